The van der Waals surface area contributed by atoms with Gasteiger partial charge in [-0.15, -0.1) is 32.9 Å². The predicted octanol–water partition coefficient (Wildman–Crippen LogP) is 5.17. The highest BCUT2D eigenvalue weighted by Gasteiger charge is 2.28. The lowest BCUT2D eigenvalue weighted by molar-refractivity contribution is -0.113. The van der Waals surface area contributed by atoms with E-state index in [4.69, 9.17) is 5.73 Å². The molecule has 10 heteroatoms. The highest BCUT2D eigenvalue weighted by atomic mass is 32.2. The Morgan fingerprint density at radius 2 is 1.86 bits per heavy atom. The molecule has 3 heterocycles. The summed E-state index contributed by atoms with van der Waals surface area (Å²) in [5, 5.41) is 15.4. The van der Waals surface area contributed by atoms with Gasteiger partial charge < -0.3 is 15.6 Å². The van der Waals surface area contributed by atoms with E-state index in [1.54, 1.807) is 0 Å². The fraction of sp³-hybridized carbons (Fsp3) is 0.520. The Balaban J connectivity index is 1.30. The molecule has 0 fully saturated rings. The Morgan fingerprint density at radius 3 is 2.57 bits per heavy atom. The summed E-state index contributed by atoms with van der Waals surface area (Å²) < 4.78 is 2.10. The summed E-state index contributed by atoms with van der Waals surface area (Å²) in [6.45, 7) is 7.34. The summed E-state index contributed by atoms with van der Waals surface area (Å²) in [7, 11) is 0. The van der Waals surface area contributed by atoms with Crippen LogP contribution in [0.5, 0.6) is 0 Å². The first-order chi connectivity index (χ1) is 16.9. The number of amides is 2. The number of hydrogen-bond acceptors (Lipinski definition) is 7. The van der Waals surface area contributed by atoms with E-state index in [1.165, 1.54) is 50.4 Å². The highest BCUT2D eigenvalue weighted by molar-refractivity contribution is 7.99. The second-order valence-corrected chi connectivity index (χ2v) is 12.7. The fourth-order valence-corrected chi connectivity index (χ4v) is 8.61. The highest BCUT2D eigenvalue weighted by Crippen LogP contribution is 2.40. The van der Waals surface area contributed by atoms with Gasteiger partial charge in [-0.3, -0.25) is 9.59 Å². The van der Waals surface area contributed by atoms with Gasteiger partial charge in [0.1, 0.15) is 5.00 Å². The van der Waals surface area contributed by atoms with E-state index in [0.29, 0.717) is 16.5 Å². The minimum atomic E-state index is -0.469. The van der Waals surface area contributed by atoms with E-state index in [9.17, 15) is 9.59 Å². The van der Waals surface area contributed by atoms with Crippen molar-refractivity contribution in [2.24, 2.45) is 17.6 Å². The van der Waals surface area contributed by atoms with Gasteiger partial charge in [-0.2, -0.15) is 0 Å². The SMILES string of the molecule is CCn1c(SCC(=O)Nc2sc3c(c2C(N)=O)CCC(C)C3)nnc1-c1csc2c1CCC(C)C2. The van der Waals surface area contributed by atoms with Crippen LogP contribution in [0.3, 0.4) is 0 Å². The number of aromatic nitrogens is 3. The molecule has 3 N–H and O–H groups in total. The first-order valence-corrected chi connectivity index (χ1v) is 14.9. The van der Waals surface area contributed by atoms with Crippen molar-refractivity contribution in [3.8, 4) is 11.4 Å². The number of nitrogens with zero attached hydrogens (tertiary/aromatic N) is 3. The first kappa shape index (κ1) is 24.5. The lowest BCUT2D eigenvalue weighted by atomic mass is 9.88. The number of nitrogens with one attached hydrogen (secondary N) is 1. The number of rotatable bonds is 7. The Kier molecular flexibility index (Phi) is 7.05. The van der Waals surface area contributed by atoms with Gasteiger partial charge in [-0.1, -0.05) is 25.6 Å². The minimum Gasteiger partial charge on any atom is -0.365 e. The number of carbonyl (C=O) groups excluding carboxylic acids is 2. The number of anilines is 1. The molecule has 0 saturated carbocycles. The van der Waals surface area contributed by atoms with Gasteiger partial charge in [-0.05, 0) is 68.4 Å². The van der Waals surface area contributed by atoms with Gasteiger partial charge in [0.05, 0.1) is 11.3 Å². The van der Waals surface area contributed by atoms with Crippen LogP contribution in [-0.2, 0) is 37.0 Å². The standard InChI is InChI=1S/C25H31N5O2S3/c1-4-30-23(17-11-33-18-9-13(2)5-7-15(17)18)28-29-25(30)34-12-20(31)27-24-21(22(26)32)16-8-6-14(3)10-19(16)35-24/h11,13-14H,4-10,12H2,1-3H3,(H2,26,32)(H,27,31). The Hall–Kier alpha value is -2.17. The maximum Gasteiger partial charge on any atom is 0.251 e. The van der Waals surface area contributed by atoms with Crippen LogP contribution in [0.25, 0.3) is 11.4 Å². The largest absolute Gasteiger partial charge is 0.365 e. The van der Waals surface area contributed by atoms with Crippen LogP contribution >= 0.6 is 34.4 Å². The zero-order chi connectivity index (χ0) is 24.7. The number of primary amides is 1. The smallest absolute Gasteiger partial charge is 0.251 e. The third-order valence-electron chi connectivity index (χ3n) is 7.02. The van der Waals surface area contributed by atoms with Crippen molar-refractivity contribution in [1.29, 1.82) is 0 Å². The third kappa shape index (κ3) is 4.80. The fourth-order valence-electron chi connectivity index (χ4n) is 5.14. The molecule has 186 valence electrons. The third-order valence-corrected chi connectivity index (χ3v) is 10.2. The van der Waals surface area contributed by atoms with Crippen molar-refractivity contribution >= 4 is 51.3 Å². The van der Waals surface area contributed by atoms with Crippen LogP contribution in [0.15, 0.2) is 10.5 Å². The topological polar surface area (TPSA) is 103 Å². The summed E-state index contributed by atoms with van der Waals surface area (Å²) >= 11 is 4.69. The summed E-state index contributed by atoms with van der Waals surface area (Å²) in [4.78, 5) is 27.7. The van der Waals surface area contributed by atoms with Crippen LogP contribution in [0.1, 0.15) is 64.9 Å². The van der Waals surface area contributed by atoms with Gasteiger partial charge in [0.15, 0.2) is 11.0 Å². The number of hydrogen-bond donors (Lipinski definition) is 2. The molecule has 0 spiro atoms. The van der Waals surface area contributed by atoms with Crippen molar-refractivity contribution < 1.29 is 9.59 Å². The van der Waals surface area contributed by atoms with Crippen molar-refractivity contribution in [1.82, 2.24) is 14.8 Å². The molecule has 7 nitrogen and oxygen atoms in total. The normalized spacial score (nSPS) is 19.3. The molecule has 2 aliphatic carbocycles. The monoisotopic (exact) mass is 529 g/mol. The van der Waals surface area contributed by atoms with Gasteiger partial charge in [0, 0.05) is 27.2 Å². The molecule has 5 rings (SSSR count). The molecule has 0 aromatic carbocycles. The molecule has 2 unspecified atom stereocenters. The quantitative estimate of drug-likeness (QED) is 0.411. The van der Waals surface area contributed by atoms with E-state index in [0.717, 1.165) is 61.1 Å². The van der Waals surface area contributed by atoms with E-state index < -0.39 is 5.91 Å². The van der Waals surface area contributed by atoms with Crippen molar-refractivity contribution in [2.45, 2.75) is 71.0 Å². The predicted molar refractivity (Wildman–Crippen MR) is 144 cm³/mol. The molecular formula is C25H31N5O2S3. The number of thioether (sulfide) groups is 1. The van der Waals surface area contributed by atoms with E-state index in [2.05, 4.69) is 46.2 Å². The molecule has 0 saturated heterocycles. The number of carbonyl (C=O) groups is 2. The summed E-state index contributed by atoms with van der Waals surface area (Å²) in [6, 6.07) is 0. The van der Waals surface area contributed by atoms with Crippen LogP contribution in [0, 0.1) is 11.8 Å². The molecule has 3 aromatic rings. The summed E-state index contributed by atoms with van der Waals surface area (Å²) in [6.07, 6.45) is 6.23. The number of fused-ring (bicyclic) bond motifs is 2. The maximum atomic E-state index is 12.9. The second-order valence-electron chi connectivity index (χ2n) is 9.71. The van der Waals surface area contributed by atoms with Crippen LogP contribution in [-0.4, -0.2) is 32.3 Å². The zero-order valence-electron chi connectivity index (χ0n) is 20.3. The van der Waals surface area contributed by atoms with E-state index in [1.807, 2.05) is 11.3 Å². The number of thiophene rings is 2. The summed E-state index contributed by atoms with van der Waals surface area (Å²) in [5.74, 6) is 1.75. The minimum absolute atomic E-state index is 0.168. The molecule has 2 aliphatic rings. The van der Waals surface area contributed by atoms with Gasteiger partial charge in [0.25, 0.3) is 5.91 Å². The van der Waals surface area contributed by atoms with Gasteiger partial charge in [-0.25, -0.2) is 0 Å². The molecule has 3 aromatic heterocycles. The Morgan fingerprint density at radius 1 is 1.14 bits per heavy atom. The molecule has 0 aliphatic heterocycles. The van der Waals surface area contributed by atoms with Gasteiger partial charge in [0.2, 0.25) is 5.91 Å². The van der Waals surface area contributed by atoms with Crippen LogP contribution in [0.2, 0.25) is 0 Å². The molecule has 2 amide bonds. The van der Waals surface area contributed by atoms with E-state index >= 15 is 0 Å². The summed E-state index contributed by atoms with van der Waals surface area (Å²) in [5.41, 5.74) is 9.81. The Labute approximate surface area is 217 Å². The molecule has 35 heavy (non-hydrogen) atoms. The molecule has 2 atom stereocenters. The van der Waals surface area contributed by atoms with Crippen LogP contribution in [0.4, 0.5) is 5.00 Å². The zero-order valence-corrected chi connectivity index (χ0v) is 22.8. The van der Waals surface area contributed by atoms with Crippen LogP contribution < -0.4 is 11.1 Å². The molecular weight excluding hydrogens is 499 g/mol. The average Bonchev–Trinajstić information content (AvgIpc) is 3.50. The lowest BCUT2D eigenvalue weighted by Gasteiger charge is -2.19. The van der Waals surface area contributed by atoms with Crippen molar-refractivity contribution in [2.75, 3.05) is 11.1 Å². The molecule has 0 bridgehead atoms. The average molecular weight is 530 g/mol. The Bertz CT molecular complexity index is 1270. The maximum absolute atomic E-state index is 12.9. The van der Waals surface area contributed by atoms with E-state index in [-0.39, 0.29) is 11.7 Å². The van der Waals surface area contributed by atoms with Gasteiger partial charge >= 0.3 is 0 Å². The van der Waals surface area contributed by atoms with Crippen molar-refractivity contribution in [3.05, 3.63) is 31.8 Å². The number of nitrogens with two attached hydrogens (primary N) is 1. The van der Waals surface area contributed by atoms with Crippen molar-refractivity contribution in [3.63, 3.8) is 0 Å². The molecule has 0 radical (unpaired) electrons. The first-order valence-electron chi connectivity index (χ1n) is 12.2. The lowest BCUT2D eigenvalue weighted by Crippen LogP contribution is -2.20. The second kappa shape index (κ2) is 10.1.